The largest absolute Gasteiger partial charge is 0.506 e. The van der Waals surface area contributed by atoms with Crippen molar-refractivity contribution >= 4 is 12.1 Å². The second-order valence-corrected chi connectivity index (χ2v) is 4.08. The van der Waals surface area contributed by atoms with Crippen LogP contribution in [0.1, 0.15) is 33.4 Å². The molecule has 2 aromatic rings. The zero-order valence-electron chi connectivity index (χ0n) is 10.1. The molecule has 1 heterocycles. The number of carbonyl (C=O) groups excluding carboxylic acids is 2. The van der Waals surface area contributed by atoms with Crippen molar-refractivity contribution in [2.45, 2.75) is 13.8 Å². The quantitative estimate of drug-likeness (QED) is 0.665. The van der Waals surface area contributed by atoms with Gasteiger partial charge in [0.2, 0.25) is 0 Å². The number of benzene rings is 1. The molecular formula is C14H12O4. The van der Waals surface area contributed by atoms with Crippen molar-refractivity contribution in [1.29, 1.82) is 0 Å². The lowest BCUT2D eigenvalue weighted by atomic mass is 10.0. The van der Waals surface area contributed by atoms with Crippen molar-refractivity contribution in [1.82, 2.24) is 0 Å². The molecule has 1 aromatic heterocycles. The molecule has 0 amide bonds. The summed E-state index contributed by atoms with van der Waals surface area (Å²) in [6.45, 7) is 3.20. The standard InChI is InChI=1S/C14H12O4/c1-8-5-11(9(2)16)14(17)12(6-8)13-4-3-10(7-15)18-13/h3-7,17H,1-2H3. The Labute approximate surface area is 104 Å². The van der Waals surface area contributed by atoms with E-state index in [1.807, 2.05) is 6.92 Å². The number of ketones is 1. The number of furan rings is 1. The number of aromatic hydroxyl groups is 1. The maximum atomic E-state index is 11.4. The smallest absolute Gasteiger partial charge is 0.185 e. The Morgan fingerprint density at radius 2 is 2.06 bits per heavy atom. The molecule has 4 nitrogen and oxygen atoms in total. The molecule has 0 bridgehead atoms. The van der Waals surface area contributed by atoms with Gasteiger partial charge in [0.05, 0.1) is 11.1 Å². The zero-order valence-corrected chi connectivity index (χ0v) is 10.1. The first kappa shape index (κ1) is 12.1. The number of hydrogen-bond donors (Lipinski definition) is 1. The summed E-state index contributed by atoms with van der Waals surface area (Å²) in [5.41, 5.74) is 1.49. The number of carbonyl (C=O) groups is 2. The summed E-state index contributed by atoms with van der Waals surface area (Å²) in [6.07, 6.45) is 0.586. The molecule has 1 aromatic carbocycles. The first-order valence-electron chi connectivity index (χ1n) is 5.43. The molecule has 0 aliphatic rings. The van der Waals surface area contributed by atoms with Gasteiger partial charge < -0.3 is 9.52 Å². The van der Waals surface area contributed by atoms with Gasteiger partial charge in [0.25, 0.3) is 0 Å². The normalized spacial score (nSPS) is 10.3. The van der Waals surface area contributed by atoms with E-state index in [0.29, 0.717) is 17.6 Å². The Morgan fingerprint density at radius 3 is 2.61 bits per heavy atom. The summed E-state index contributed by atoms with van der Waals surface area (Å²) >= 11 is 0. The van der Waals surface area contributed by atoms with Gasteiger partial charge >= 0.3 is 0 Å². The van der Waals surface area contributed by atoms with Crippen molar-refractivity contribution in [3.05, 3.63) is 41.2 Å². The molecule has 0 fully saturated rings. The maximum Gasteiger partial charge on any atom is 0.185 e. The number of Topliss-reactive ketones (excluding diaryl/α,β-unsaturated/α-hetero) is 1. The molecule has 0 aliphatic carbocycles. The highest BCUT2D eigenvalue weighted by molar-refractivity contribution is 5.99. The second-order valence-electron chi connectivity index (χ2n) is 4.08. The number of hydrogen-bond acceptors (Lipinski definition) is 4. The van der Waals surface area contributed by atoms with E-state index in [2.05, 4.69) is 0 Å². The predicted octanol–water partition coefficient (Wildman–Crippen LogP) is 2.98. The average molecular weight is 244 g/mol. The van der Waals surface area contributed by atoms with E-state index in [1.54, 1.807) is 18.2 Å². The van der Waals surface area contributed by atoms with Crippen LogP contribution in [0.25, 0.3) is 11.3 Å². The van der Waals surface area contributed by atoms with Crippen molar-refractivity contribution < 1.29 is 19.1 Å². The fraction of sp³-hybridized carbons (Fsp3) is 0.143. The first-order chi connectivity index (χ1) is 8.52. The fourth-order valence-corrected chi connectivity index (χ4v) is 1.80. The van der Waals surface area contributed by atoms with Crippen molar-refractivity contribution in [3.8, 4) is 17.1 Å². The van der Waals surface area contributed by atoms with Gasteiger partial charge in [0.15, 0.2) is 17.8 Å². The molecule has 0 aliphatic heterocycles. The van der Waals surface area contributed by atoms with Gasteiger partial charge in [0, 0.05) is 0 Å². The van der Waals surface area contributed by atoms with E-state index < -0.39 is 0 Å². The molecule has 92 valence electrons. The SMILES string of the molecule is CC(=O)c1cc(C)cc(-c2ccc(C=O)o2)c1O. The summed E-state index contributed by atoms with van der Waals surface area (Å²) in [7, 11) is 0. The monoisotopic (exact) mass is 244 g/mol. The fourth-order valence-electron chi connectivity index (χ4n) is 1.80. The lowest BCUT2D eigenvalue weighted by Gasteiger charge is -2.07. The van der Waals surface area contributed by atoms with Crippen LogP contribution in [-0.4, -0.2) is 17.2 Å². The molecular weight excluding hydrogens is 232 g/mol. The number of aldehydes is 1. The summed E-state index contributed by atoms with van der Waals surface area (Å²) in [4.78, 5) is 22.0. The molecule has 0 unspecified atom stereocenters. The number of phenolic OH excluding ortho intramolecular Hbond substituents is 1. The molecule has 1 N–H and O–H groups in total. The van der Waals surface area contributed by atoms with Crippen LogP contribution in [0.3, 0.4) is 0 Å². The molecule has 0 radical (unpaired) electrons. The van der Waals surface area contributed by atoms with Crippen LogP contribution in [0.15, 0.2) is 28.7 Å². The Morgan fingerprint density at radius 1 is 1.33 bits per heavy atom. The van der Waals surface area contributed by atoms with Crippen LogP contribution < -0.4 is 0 Å². The molecule has 0 spiro atoms. The highest BCUT2D eigenvalue weighted by Crippen LogP contribution is 2.34. The Kier molecular flexibility index (Phi) is 3.02. The maximum absolute atomic E-state index is 11.4. The van der Waals surface area contributed by atoms with E-state index >= 15 is 0 Å². The van der Waals surface area contributed by atoms with Gasteiger partial charge in [-0.15, -0.1) is 0 Å². The molecule has 4 heteroatoms. The first-order valence-corrected chi connectivity index (χ1v) is 5.43. The van der Waals surface area contributed by atoms with Gasteiger partial charge in [0.1, 0.15) is 11.5 Å². The van der Waals surface area contributed by atoms with Crippen molar-refractivity contribution in [2.75, 3.05) is 0 Å². The topological polar surface area (TPSA) is 67.5 Å². The van der Waals surface area contributed by atoms with Crippen LogP contribution in [0, 0.1) is 6.92 Å². The summed E-state index contributed by atoms with van der Waals surface area (Å²) in [5, 5.41) is 10.0. The molecule has 2 rings (SSSR count). The van der Waals surface area contributed by atoms with Crippen LogP contribution in [0.5, 0.6) is 5.75 Å². The van der Waals surface area contributed by atoms with Crippen LogP contribution >= 0.6 is 0 Å². The average Bonchev–Trinajstić information content (AvgIpc) is 2.79. The lowest BCUT2D eigenvalue weighted by molar-refractivity contribution is 0.101. The minimum Gasteiger partial charge on any atom is -0.506 e. The zero-order chi connectivity index (χ0) is 13.3. The van der Waals surface area contributed by atoms with Gasteiger partial charge in [-0.2, -0.15) is 0 Å². The number of rotatable bonds is 3. The number of aryl methyl sites for hydroxylation is 1. The van der Waals surface area contributed by atoms with Crippen molar-refractivity contribution in [3.63, 3.8) is 0 Å². The van der Waals surface area contributed by atoms with Gasteiger partial charge in [-0.3, -0.25) is 9.59 Å². The molecule has 0 saturated carbocycles. The van der Waals surface area contributed by atoms with E-state index in [-0.39, 0.29) is 22.9 Å². The van der Waals surface area contributed by atoms with E-state index in [9.17, 15) is 14.7 Å². The highest BCUT2D eigenvalue weighted by Gasteiger charge is 2.16. The van der Waals surface area contributed by atoms with Crippen LogP contribution in [0.4, 0.5) is 0 Å². The Bertz CT molecular complexity index is 623. The van der Waals surface area contributed by atoms with Gasteiger partial charge in [-0.25, -0.2) is 0 Å². The van der Waals surface area contributed by atoms with E-state index in [4.69, 9.17) is 4.42 Å². The third kappa shape index (κ3) is 2.05. The minimum absolute atomic E-state index is 0.125. The molecule has 0 saturated heterocycles. The number of phenols is 1. The highest BCUT2D eigenvalue weighted by atomic mass is 16.3. The minimum atomic E-state index is -0.223. The predicted molar refractivity (Wildman–Crippen MR) is 65.9 cm³/mol. The Hall–Kier alpha value is -2.36. The van der Waals surface area contributed by atoms with Gasteiger partial charge in [-0.1, -0.05) is 0 Å². The summed E-state index contributed by atoms with van der Waals surface area (Å²) in [5.74, 6) is 0.190. The van der Waals surface area contributed by atoms with Crippen LogP contribution in [0.2, 0.25) is 0 Å². The summed E-state index contributed by atoms with van der Waals surface area (Å²) < 4.78 is 5.25. The Balaban J connectivity index is 2.63. The summed E-state index contributed by atoms with van der Waals surface area (Å²) in [6, 6.07) is 6.42. The third-order valence-corrected chi connectivity index (χ3v) is 2.64. The second kappa shape index (κ2) is 4.49. The van der Waals surface area contributed by atoms with Crippen molar-refractivity contribution in [2.24, 2.45) is 0 Å². The van der Waals surface area contributed by atoms with E-state index in [0.717, 1.165) is 5.56 Å². The third-order valence-electron chi connectivity index (χ3n) is 2.64. The van der Waals surface area contributed by atoms with Crippen LogP contribution in [-0.2, 0) is 0 Å². The lowest BCUT2D eigenvalue weighted by Crippen LogP contribution is -1.95. The molecule has 0 atom stereocenters. The van der Waals surface area contributed by atoms with Gasteiger partial charge in [-0.05, 0) is 43.7 Å². The van der Waals surface area contributed by atoms with E-state index in [1.165, 1.54) is 13.0 Å². The molecule has 18 heavy (non-hydrogen) atoms.